The van der Waals surface area contributed by atoms with Crippen LogP contribution in [-0.2, 0) is 22.4 Å². The number of carbonyl (C=O) groups is 2. The number of hydrogen-bond acceptors (Lipinski definition) is 5. The Morgan fingerprint density at radius 3 is 2.44 bits per heavy atom. The number of nitrogens with zero attached hydrogens (tertiary/aromatic N) is 2. The van der Waals surface area contributed by atoms with Gasteiger partial charge in [0.05, 0.1) is 16.4 Å². The molecule has 6 nitrogen and oxygen atoms in total. The third-order valence-electron chi connectivity index (χ3n) is 6.30. The Hall–Kier alpha value is -3.19. The Labute approximate surface area is 205 Å². The Bertz CT molecular complexity index is 1230. The van der Waals surface area contributed by atoms with Crippen molar-refractivity contribution in [3.63, 3.8) is 0 Å². The zero-order valence-corrected chi connectivity index (χ0v) is 21.4. The van der Waals surface area contributed by atoms with Crippen molar-refractivity contribution in [2.24, 2.45) is 0 Å². The summed E-state index contributed by atoms with van der Waals surface area (Å²) in [4.78, 5) is 34.1. The van der Waals surface area contributed by atoms with Gasteiger partial charge in [0.25, 0.3) is 5.91 Å². The lowest BCUT2D eigenvalue weighted by molar-refractivity contribution is -0.128. The Morgan fingerprint density at radius 1 is 1.18 bits per heavy atom. The molecule has 1 aromatic heterocycles. The van der Waals surface area contributed by atoms with Crippen LogP contribution in [0.3, 0.4) is 0 Å². The third kappa shape index (κ3) is 4.32. The van der Waals surface area contributed by atoms with Gasteiger partial charge in [0.15, 0.2) is 6.10 Å². The summed E-state index contributed by atoms with van der Waals surface area (Å²) in [6.07, 6.45) is 0.944. The molecule has 0 aliphatic carbocycles. The molecule has 2 atom stereocenters. The van der Waals surface area contributed by atoms with Gasteiger partial charge in [-0.15, -0.1) is 11.3 Å². The van der Waals surface area contributed by atoms with Crippen LogP contribution in [0.2, 0.25) is 0 Å². The largest absolute Gasteiger partial charge is 0.479 e. The van der Waals surface area contributed by atoms with E-state index in [2.05, 4.69) is 24.1 Å². The topological polar surface area (TPSA) is 71.5 Å². The SMILES string of the molecule is CCc1cccc(CC)c1NC(=O)C(C)N1C(=O)C(C)Oc2ccc(-c3nc(C)sc3C)cc21. The number of thiazole rings is 1. The molecule has 0 fully saturated rings. The molecule has 0 radical (unpaired) electrons. The van der Waals surface area contributed by atoms with Crippen LogP contribution in [0, 0.1) is 13.8 Å². The Balaban J connectivity index is 1.72. The summed E-state index contributed by atoms with van der Waals surface area (Å²) in [6, 6.07) is 11.1. The minimum atomic E-state index is -0.722. The van der Waals surface area contributed by atoms with Gasteiger partial charge in [0.1, 0.15) is 11.8 Å². The minimum absolute atomic E-state index is 0.227. The fourth-order valence-corrected chi connectivity index (χ4v) is 5.29. The maximum absolute atomic E-state index is 13.5. The van der Waals surface area contributed by atoms with Crippen LogP contribution in [0.4, 0.5) is 11.4 Å². The average Bonchev–Trinajstić information content (AvgIpc) is 3.17. The van der Waals surface area contributed by atoms with Crippen molar-refractivity contribution in [3.8, 4) is 17.0 Å². The summed E-state index contributed by atoms with van der Waals surface area (Å²) in [7, 11) is 0. The first-order valence-corrected chi connectivity index (χ1v) is 12.6. The van der Waals surface area contributed by atoms with Gasteiger partial charge in [-0.05, 0) is 69.9 Å². The number of aryl methyl sites for hydroxylation is 4. The minimum Gasteiger partial charge on any atom is -0.479 e. The monoisotopic (exact) mass is 477 g/mol. The van der Waals surface area contributed by atoms with Crippen molar-refractivity contribution in [1.29, 1.82) is 0 Å². The number of benzene rings is 2. The van der Waals surface area contributed by atoms with Crippen LogP contribution in [0.1, 0.15) is 48.7 Å². The van der Waals surface area contributed by atoms with Gasteiger partial charge in [-0.2, -0.15) is 0 Å². The van der Waals surface area contributed by atoms with Crippen LogP contribution in [0.25, 0.3) is 11.3 Å². The van der Waals surface area contributed by atoms with Crippen LogP contribution in [0.15, 0.2) is 36.4 Å². The van der Waals surface area contributed by atoms with E-state index in [1.165, 1.54) is 0 Å². The van der Waals surface area contributed by atoms with Gasteiger partial charge in [0.2, 0.25) is 5.91 Å². The second kappa shape index (κ2) is 9.58. The maximum atomic E-state index is 13.5. The number of rotatable bonds is 6. The van der Waals surface area contributed by atoms with E-state index in [1.807, 2.05) is 50.2 Å². The standard InChI is InChI=1S/C27H31N3O3S/c1-7-19-10-9-11-20(8-2)25(19)29-26(31)15(3)30-22-14-21(24-17(5)34-18(6)28-24)12-13-23(22)33-16(4)27(30)32/h9-16H,7-8H2,1-6H3,(H,29,31). The van der Waals surface area contributed by atoms with Gasteiger partial charge in [0, 0.05) is 16.1 Å². The summed E-state index contributed by atoms with van der Waals surface area (Å²) < 4.78 is 5.88. The number of hydrogen-bond donors (Lipinski definition) is 1. The molecule has 1 N–H and O–H groups in total. The van der Waals surface area contributed by atoms with E-state index in [4.69, 9.17) is 4.74 Å². The van der Waals surface area contributed by atoms with Crippen LogP contribution < -0.4 is 15.0 Å². The molecule has 0 saturated carbocycles. The summed E-state index contributed by atoms with van der Waals surface area (Å²) in [5.41, 5.74) is 5.39. The van der Waals surface area contributed by atoms with Crippen LogP contribution in [-0.4, -0.2) is 28.9 Å². The van der Waals surface area contributed by atoms with Crippen molar-refractivity contribution in [2.45, 2.75) is 66.5 Å². The van der Waals surface area contributed by atoms with E-state index < -0.39 is 12.1 Å². The molecule has 0 bridgehead atoms. The van der Waals surface area contributed by atoms with Gasteiger partial charge >= 0.3 is 0 Å². The van der Waals surface area contributed by atoms with Gasteiger partial charge in [-0.1, -0.05) is 32.0 Å². The van der Waals surface area contributed by atoms with Gasteiger partial charge in [-0.25, -0.2) is 4.98 Å². The molecule has 2 heterocycles. The first-order valence-electron chi connectivity index (χ1n) is 11.7. The number of para-hydroxylation sites is 1. The maximum Gasteiger partial charge on any atom is 0.268 e. The highest BCUT2D eigenvalue weighted by molar-refractivity contribution is 7.11. The Morgan fingerprint density at radius 2 is 1.85 bits per heavy atom. The first kappa shape index (κ1) is 24.0. The predicted molar refractivity (Wildman–Crippen MR) is 138 cm³/mol. The van der Waals surface area contributed by atoms with Crippen LogP contribution >= 0.6 is 11.3 Å². The first-order chi connectivity index (χ1) is 16.2. The van der Waals surface area contributed by atoms with Crippen molar-refractivity contribution < 1.29 is 14.3 Å². The number of carbonyl (C=O) groups excluding carboxylic acids is 2. The molecule has 1 aliphatic rings. The molecule has 0 spiro atoms. The molecule has 2 amide bonds. The normalized spacial score (nSPS) is 16.1. The molecule has 1 aliphatic heterocycles. The molecule has 2 unspecified atom stereocenters. The number of anilines is 2. The lowest BCUT2D eigenvalue weighted by Crippen LogP contribution is -2.52. The van der Waals surface area contributed by atoms with Crippen molar-refractivity contribution in [1.82, 2.24) is 4.98 Å². The van der Waals surface area contributed by atoms with Gasteiger partial charge in [-0.3, -0.25) is 14.5 Å². The molecular formula is C27H31N3O3S. The highest BCUT2D eigenvalue weighted by Gasteiger charge is 2.37. The van der Waals surface area contributed by atoms with Crippen molar-refractivity contribution in [3.05, 3.63) is 57.4 Å². The van der Waals surface area contributed by atoms with E-state index in [9.17, 15) is 9.59 Å². The van der Waals surface area contributed by atoms with Crippen molar-refractivity contribution >= 4 is 34.5 Å². The lowest BCUT2D eigenvalue weighted by atomic mass is 10.0. The molecule has 7 heteroatoms. The number of aromatic nitrogens is 1. The summed E-state index contributed by atoms with van der Waals surface area (Å²) in [6.45, 7) is 11.6. The lowest BCUT2D eigenvalue weighted by Gasteiger charge is -2.36. The summed E-state index contributed by atoms with van der Waals surface area (Å²) in [5, 5.41) is 4.10. The van der Waals surface area contributed by atoms with Crippen molar-refractivity contribution in [2.75, 3.05) is 10.2 Å². The smallest absolute Gasteiger partial charge is 0.268 e. The van der Waals surface area contributed by atoms with Crippen LogP contribution in [0.5, 0.6) is 5.75 Å². The summed E-state index contributed by atoms with van der Waals surface area (Å²) >= 11 is 1.64. The fourth-order valence-electron chi connectivity index (χ4n) is 4.45. The molecule has 3 aromatic rings. The number of amides is 2. The highest BCUT2D eigenvalue weighted by atomic mass is 32.1. The zero-order valence-electron chi connectivity index (χ0n) is 20.6. The molecule has 2 aromatic carbocycles. The zero-order chi connectivity index (χ0) is 24.6. The molecular weight excluding hydrogens is 446 g/mol. The van der Waals surface area contributed by atoms with Gasteiger partial charge < -0.3 is 10.1 Å². The summed E-state index contributed by atoms with van der Waals surface area (Å²) in [5.74, 6) is 0.122. The second-order valence-electron chi connectivity index (χ2n) is 8.61. The molecule has 178 valence electrons. The third-order valence-corrected chi connectivity index (χ3v) is 7.18. The van der Waals surface area contributed by atoms with E-state index in [0.717, 1.165) is 50.8 Å². The fraction of sp³-hybridized carbons (Fsp3) is 0.370. The molecule has 0 saturated heterocycles. The molecule has 34 heavy (non-hydrogen) atoms. The van der Waals surface area contributed by atoms with E-state index in [1.54, 1.807) is 30.1 Å². The Kier molecular flexibility index (Phi) is 6.75. The number of ether oxygens (including phenoxy) is 1. The molecule has 4 rings (SSSR count). The van der Waals surface area contributed by atoms with E-state index >= 15 is 0 Å². The predicted octanol–water partition coefficient (Wildman–Crippen LogP) is 5.69. The highest BCUT2D eigenvalue weighted by Crippen LogP contribution is 2.40. The van der Waals surface area contributed by atoms with E-state index in [0.29, 0.717) is 11.4 Å². The van der Waals surface area contributed by atoms with E-state index in [-0.39, 0.29) is 11.8 Å². The quantitative estimate of drug-likeness (QED) is 0.495. The average molecular weight is 478 g/mol. The number of nitrogens with one attached hydrogen (secondary N) is 1. The number of fused-ring (bicyclic) bond motifs is 1. The second-order valence-corrected chi connectivity index (χ2v) is 10.0.